The van der Waals surface area contributed by atoms with Gasteiger partial charge >= 0.3 is 18.3 Å². The van der Waals surface area contributed by atoms with Gasteiger partial charge in [0.1, 0.15) is 10.1 Å². The standard InChI is InChI=1S/C29H21F6NO4S2/c30-28(31,32)21-14-20(15-22(16-21)29(33,34)35)19-6-1-4-17(10-19)12-24-26(39)36(27(41)42-24)8-3-9-40-23-7-2-5-18(11-23)13-25(37)38/h1-2,4-7,10-12,14-16H,3,8-9,13H2,(H,37,38)/b24-12-. The number of benzene rings is 3. The largest absolute Gasteiger partial charge is 0.494 e. The van der Waals surface area contributed by atoms with Crippen LogP contribution in [-0.2, 0) is 28.4 Å². The fraction of sp³-hybridized carbons (Fsp3) is 0.207. The van der Waals surface area contributed by atoms with Gasteiger partial charge in [-0.3, -0.25) is 14.5 Å². The molecule has 0 atom stereocenters. The molecule has 0 aliphatic carbocycles. The summed E-state index contributed by atoms with van der Waals surface area (Å²) in [5.41, 5.74) is -2.02. The van der Waals surface area contributed by atoms with Crippen LogP contribution in [-0.4, -0.2) is 39.4 Å². The van der Waals surface area contributed by atoms with Crippen LogP contribution in [0.2, 0.25) is 0 Å². The minimum Gasteiger partial charge on any atom is -0.494 e. The van der Waals surface area contributed by atoms with Crippen molar-refractivity contribution < 1.29 is 45.8 Å². The number of hydrogen-bond donors (Lipinski definition) is 1. The number of ether oxygens (including phenoxy) is 1. The Balaban J connectivity index is 1.45. The maximum Gasteiger partial charge on any atom is 0.416 e. The van der Waals surface area contributed by atoms with E-state index in [1.165, 1.54) is 29.2 Å². The molecule has 0 radical (unpaired) electrons. The first-order chi connectivity index (χ1) is 19.7. The van der Waals surface area contributed by atoms with Crippen LogP contribution in [0.5, 0.6) is 5.75 Å². The molecular formula is C29H21F6NO4S2. The van der Waals surface area contributed by atoms with Gasteiger partial charge in [-0.1, -0.05) is 54.3 Å². The van der Waals surface area contributed by atoms with Gasteiger partial charge in [0.15, 0.2) is 0 Å². The summed E-state index contributed by atoms with van der Waals surface area (Å²) in [7, 11) is 0. The van der Waals surface area contributed by atoms with Crippen molar-refractivity contribution in [3.63, 3.8) is 0 Å². The number of carbonyl (C=O) groups is 2. The summed E-state index contributed by atoms with van der Waals surface area (Å²) in [4.78, 5) is 25.5. The Hall–Kier alpha value is -3.84. The van der Waals surface area contributed by atoms with Gasteiger partial charge in [0.05, 0.1) is 29.1 Å². The van der Waals surface area contributed by atoms with Crippen LogP contribution >= 0.6 is 24.0 Å². The quantitative estimate of drug-likeness (QED) is 0.114. The molecule has 1 fully saturated rings. The lowest BCUT2D eigenvalue weighted by Crippen LogP contribution is -2.29. The zero-order chi connectivity index (χ0) is 30.7. The molecule has 1 saturated heterocycles. The normalized spacial score (nSPS) is 15.0. The van der Waals surface area contributed by atoms with Gasteiger partial charge in [0.25, 0.3) is 5.91 Å². The summed E-state index contributed by atoms with van der Waals surface area (Å²) in [5, 5.41) is 8.92. The smallest absolute Gasteiger partial charge is 0.416 e. The summed E-state index contributed by atoms with van der Waals surface area (Å²) < 4.78 is 85.8. The van der Waals surface area contributed by atoms with Gasteiger partial charge in [-0.15, -0.1) is 0 Å². The first kappa shape index (κ1) is 31.1. The summed E-state index contributed by atoms with van der Waals surface area (Å²) in [6.45, 7) is 0.465. The molecular weight excluding hydrogens is 604 g/mol. The Labute approximate surface area is 245 Å². The van der Waals surface area contributed by atoms with Gasteiger partial charge in [-0.2, -0.15) is 26.3 Å². The minimum atomic E-state index is -4.98. The molecule has 3 aromatic rings. The second-order valence-corrected chi connectivity index (χ2v) is 10.8. The molecule has 1 heterocycles. The predicted molar refractivity (Wildman–Crippen MR) is 150 cm³/mol. The number of rotatable bonds is 9. The first-order valence-electron chi connectivity index (χ1n) is 12.3. The van der Waals surface area contributed by atoms with E-state index in [1.807, 2.05) is 0 Å². The lowest BCUT2D eigenvalue weighted by atomic mass is 9.97. The highest BCUT2D eigenvalue weighted by Gasteiger charge is 2.37. The summed E-state index contributed by atoms with van der Waals surface area (Å²) >= 11 is 6.36. The average molecular weight is 626 g/mol. The maximum atomic E-state index is 13.3. The number of amides is 1. The van der Waals surface area contributed by atoms with E-state index in [0.717, 1.165) is 11.8 Å². The highest BCUT2D eigenvalue weighted by Crippen LogP contribution is 2.39. The number of carboxylic acid groups (broad SMARTS) is 1. The monoisotopic (exact) mass is 625 g/mol. The van der Waals surface area contributed by atoms with Crippen molar-refractivity contribution in [3.8, 4) is 16.9 Å². The maximum absolute atomic E-state index is 13.3. The van der Waals surface area contributed by atoms with E-state index in [4.69, 9.17) is 22.1 Å². The zero-order valence-corrected chi connectivity index (χ0v) is 23.1. The van der Waals surface area contributed by atoms with Crippen LogP contribution in [0.15, 0.2) is 71.6 Å². The van der Waals surface area contributed by atoms with Crippen molar-refractivity contribution in [2.45, 2.75) is 25.2 Å². The second kappa shape index (κ2) is 12.6. The third-order valence-corrected chi connectivity index (χ3v) is 7.41. The third kappa shape index (κ3) is 7.91. The van der Waals surface area contributed by atoms with Gasteiger partial charge < -0.3 is 9.84 Å². The highest BCUT2D eigenvalue weighted by atomic mass is 32.2. The van der Waals surface area contributed by atoms with E-state index in [0.29, 0.717) is 39.8 Å². The fourth-order valence-corrected chi connectivity index (χ4v) is 5.41. The second-order valence-electron chi connectivity index (χ2n) is 9.17. The van der Waals surface area contributed by atoms with Gasteiger partial charge in [-0.25, -0.2) is 0 Å². The fourth-order valence-electron chi connectivity index (χ4n) is 4.11. The van der Waals surface area contributed by atoms with Crippen molar-refractivity contribution in [3.05, 3.63) is 93.9 Å². The number of thiocarbonyl (C=S) groups is 1. The SMILES string of the molecule is O=C(O)Cc1cccc(OCCCN2C(=O)/C(=C/c3cccc(-c4cc(C(F)(F)F)cc(C(F)(F)F)c4)c3)SC2=S)c1. The number of carboxylic acids is 1. The van der Waals surface area contributed by atoms with E-state index in [2.05, 4.69) is 0 Å². The highest BCUT2D eigenvalue weighted by molar-refractivity contribution is 8.26. The summed E-state index contributed by atoms with van der Waals surface area (Å²) in [5.74, 6) is -0.869. The van der Waals surface area contributed by atoms with E-state index in [1.54, 1.807) is 30.3 Å². The third-order valence-electron chi connectivity index (χ3n) is 6.03. The molecule has 0 bridgehead atoms. The first-order valence-corrected chi connectivity index (χ1v) is 13.5. The zero-order valence-electron chi connectivity index (χ0n) is 21.5. The topological polar surface area (TPSA) is 66.8 Å². The lowest BCUT2D eigenvalue weighted by molar-refractivity contribution is -0.143. The van der Waals surface area contributed by atoms with Gasteiger partial charge in [0, 0.05) is 6.54 Å². The molecule has 1 amide bonds. The Morgan fingerprint density at radius 3 is 2.24 bits per heavy atom. The molecule has 1 aliphatic rings. The number of thioether (sulfide) groups is 1. The molecule has 1 N–H and O–H groups in total. The average Bonchev–Trinajstić information content (AvgIpc) is 3.17. The number of alkyl halides is 6. The van der Waals surface area contributed by atoms with Crippen molar-refractivity contribution in [1.29, 1.82) is 0 Å². The van der Waals surface area contributed by atoms with Gasteiger partial charge in [0.2, 0.25) is 0 Å². The minimum absolute atomic E-state index is 0.0697. The van der Waals surface area contributed by atoms with Crippen LogP contribution in [0.25, 0.3) is 17.2 Å². The Morgan fingerprint density at radius 2 is 1.60 bits per heavy atom. The molecule has 0 spiro atoms. The Bertz CT molecular complexity index is 1520. The van der Waals surface area contributed by atoms with Crippen molar-refractivity contribution in [2.24, 2.45) is 0 Å². The molecule has 220 valence electrons. The van der Waals surface area contributed by atoms with E-state index < -0.39 is 35.4 Å². The van der Waals surface area contributed by atoms with Crippen molar-refractivity contribution >= 4 is 46.3 Å². The lowest BCUT2D eigenvalue weighted by Gasteiger charge is -2.15. The van der Waals surface area contributed by atoms with Crippen LogP contribution in [0.1, 0.15) is 28.7 Å². The summed E-state index contributed by atoms with van der Waals surface area (Å²) in [6.07, 6.45) is -8.20. The van der Waals surface area contributed by atoms with E-state index >= 15 is 0 Å². The number of aliphatic carboxylic acids is 1. The Kier molecular flexibility index (Phi) is 9.31. The molecule has 3 aromatic carbocycles. The molecule has 0 saturated carbocycles. The predicted octanol–water partition coefficient (Wildman–Crippen LogP) is 7.69. The molecule has 0 aromatic heterocycles. The van der Waals surface area contributed by atoms with Crippen molar-refractivity contribution in [1.82, 2.24) is 4.90 Å². The van der Waals surface area contributed by atoms with Crippen LogP contribution in [0.3, 0.4) is 0 Å². The Morgan fingerprint density at radius 1 is 0.929 bits per heavy atom. The summed E-state index contributed by atoms with van der Waals surface area (Å²) in [6, 6.07) is 13.8. The van der Waals surface area contributed by atoms with Crippen LogP contribution in [0.4, 0.5) is 26.3 Å². The number of halogens is 6. The molecule has 4 rings (SSSR count). The molecule has 5 nitrogen and oxygen atoms in total. The number of hydrogen-bond acceptors (Lipinski definition) is 5. The molecule has 0 unspecified atom stereocenters. The van der Waals surface area contributed by atoms with Crippen LogP contribution in [0, 0.1) is 0 Å². The van der Waals surface area contributed by atoms with E-state index in [9.17, 15) is 35.9 Å². The van der Waals surface area contributed by atoms with E-state index in [-0.39, 0.29) is 41.7 Å². The van der Waals surface area contributed by atoms with Crippen LogP contribution < -0.4 is 4.74 Å². The van der Waals surface area contributed by atoms with Crippen molar-refractivity contribution in [2.75, 3.05) is 13.2 Å². The molecule has 1 aliphatic heterocycles. The number of carbonyl (C=O) groups excluding carboxylic acids is 1. The molecule has 13 heteroatoms. The number of nitrogens with zero attached hydrogens (tertiary/aromatic N) is 1. The van der Waals surface area contributed by atoms with Gasteiger partial charge in [-0.05, 0) is 71.1 Å². The molecule has 42 heavy (non-hydrogen) atoms.